The van der Waals surface area contributed by atoms with Gasteiger partial charge in [0, 0.05) is 5.39 Å². The molecule has 0 radical (unpaired) electrons. The normalized spacial score (nSPS) is 11.0. The van der Waals surface area contributed by atoms with Gasteiger partial charge in [-0.15, -0.1) is 11.3 Å². The molecular weight excluding hydrogens is 344 g/mol. The van der Waals surface area contributed by atoms with Gasteiger partial charge in [0.15, 0.2) is 0 Å². The fourth-order valence-electron chi connectivity index (χ4n) is 2.42. The van der Waals surface area contributed by atoms with Gasteiger partial charge in [-0.2, -0.15) is 0 Å². The van der Waals surface area contributed by atoms with Crippen LogP contribution in [0.25, 0.3) is 21.1 Å². The molecule has 4 rings (SSSR count). The quantitative estimate of drug-likeness (QED) is 0.389. The van der Waals surface area contributed by atoms with Crippen LogP contribution in [0.1, 0.15) is 15.4 Å². The van der Waals surface area contributed by atoms with Crippen LogP contribution < -0.4 is 0 Å². The van der Waals surface area contributed by atoms with Gasteiger partial charge in [0.25, 0.3) is 0 Å². The van der Waals surface area contributed by atoms with Gasteiger partial charge in [0.2, 0.25) is 0 Å². The lowest BCUT2D eigenvalue weighted by Gasteiger charge is -2.04. The molecule has 118 valence electrons. The first-order valence-corrected chi connectivity index (χ1v) is 8.46. The van der Waals surface area contributed by atoms with E-state index in [0.717, 1.165) is 26.1 Å². The van der Waals surface area contributed by atoms with E-state index in [2.05, 4.69) is 9.97 Å². The number of ether oxygens (including phenoxy) is 1. The van der Waals surface area contributed by atoms with Crippen LogP contribution in [0, 0.1) is 0 Å². The average Bonchev–Trinajstić information content (AvgIpc) is 3.02. The molecule has 0 aliphatic heterocycles. The van der Waals surface area contributed by atoms with Crippen LogP contribution in [0.15, 0.2) is 54.6 Å². The Kier molecular flexibility index (Phi) is 3.88. The Morgan fingerprint density at radius 2 is 1.92 bits per heavy atom. The fourth-order valence-corrected chi connectivity index (χ4v) is 3.45. The van der Waals surface area contributed by atoms with Crippen molar-refractivity contribution in [2.75, 3.05) is 0 Å². The van der Waals surface area contributed by atoms with Crippen LogP contribution in [-0.2, 0) is 11.3 Å². The zero-order chi connectivity index (χ0) is 16.5. The summed E-state index contributed by atoms with van der Waals surface area (Å²) in [6.45, 7) is 0.162. The molecule has 0 N–H and O–H groups in total. The van der Waals surface area contributed by atoms with E-state index in [1.165, 1.54) is 11.3 Å². The summed E-state index contributed by atoms with van der Waals surface area (Å²) < 4.78 is 6.46. The molecule has 2 aromatic carbocycles. The van der Waals surface area contributed by atoms with Crippen molar-refractivity contribution in [1.29, 1.82) is 0 Å². The predicted molar refractivity (Wildman–Crippen MR) is 95.5 cm³/mol. The Labute approximate surface area is 146 Å². The summed E-state index contributed by atoms with van der Waals surface area (Å²) in [5.74, 6) is -0.383. The zero-order valence-corrected chi connectivity index (χ0v) is 14.0. The number of thiazole rings is 1. The lowest BCUT2D eigenvalue weighted by molar-refractivity contribution is 0.0473. The highest BCUT2D eigenvalue weighted by Crippen LogP contribution is 2.23. The van der Waals surface area contributed by atoms with Crippen molar-refractivity contribution in [3.63, 3.8) is 0 Å². The smallest absolute Gasteiger partial charge is 0.338 e. The highest BCUT2D eigenvalue weighted by atomic mass is 35.5. The largest absolute Gasteiger partial charge is 0.455 e. The molecule has 0 amide bonds. The van der Waals surface area contributed by atoms with E-state index in [1.54, 1.807) is 24.3 Å². The zero-order valence-electron chi connectivity index (χ0n) is 12.4. The van der Waals surface area contributed by atoms with Gasteiger partial charge < -0.3 is 4.74 Å². The first kappa shape index (κ1) is 15.1. The summed E-state index contributed by atoms with van der Waals surface area (Å²) in [4.78, 5) is 20.9. The first-order valence-electron chi connectivity index (χ1n) is 7.27. The molecule has 4 aromatic rings. The molecule has 4 nitrogen and oxygen atoms in total. The van der Waals surface area contributed by atoms with Gasteiger partial charge in [0.05, 0.1) is 21.3 Å². The van der Waals surface area contributed by atoms with E-state index in [0.29, 0.717) is 10.7 Å². The Bertz CT molecular complexity index is 1030. The molecule has 2 heterocycles. The number of carbonyl (C=O) groups excluding carboxylic acids is 1. The molecule has 2 aromatic heterocycles. The molecule has 0 aliphatic carbocycles. The maximum atomic E-state index is 12.3. The lowest BCUT2D eigenvalue weighted by Crippen LogP contribution is -2.05. The number of fused-ring (bicyclic) bond motifs is 2. The standard InChI is InChI=1S/C18H11ClN2O2S/c19-16-8-6-11-9-12(5-7-13(11)20-16)18(22)23-10-17-21-14-3-1-2-4-15(14)24-17/h1-9H,10H2. The number of nitrogens with zero attached hydrogens (tertiary/aromatic N) is 2. The van der Waals surface area contributed by atoms with Gasteiger partial charge in [-0.05, 0) is 42.5 Å². The van der Waals surface area contributed by atoms with Crippen molar-refractivity contribution in [2.45, 2.75) is 6.61 Å². The summed E-state index contributed by atoms with van der Waals surface area (Å²) in [6.07, 6.45) is 0. The number of hydrogen-bond donors (Lipinski definition) is 0. The Morgan fingerprint density at radius 1 is 1.04 bits per heavy atom. The highest BCUT2D eigenvalue weighted by molar-refractivity contribution is 7.18. The van der Waals surface area contributed by atoms with Crippen LogP contribution >= 0.6 is 22.9 Å². The molecule has 0 bridgehead atoms. The highest BCUT2D eigenvalue weighted by Gasteiger charge is 2.11. The Balaban J connectivity index is 1.52. The van der Waals surface area contributed by atoms with Crippen molar-refractivity contribution in [2.24, 2.45) is 0 Å². The average molecular weight is 355 g/mol. The SMILES string of the molecule is O=C(OCc1nc2ccccc2s1)c1ccc2nc(Cl)ccc2c1. The molecule has 0 saturated carbocycles. The van der Waals surface area contributed by atoms with E-state index in [9.17, 15) is 4.79 Å². The molecule has 0 fully saturated rings. The van der Waals surface area contributed by atoms with E-state index >= 15 is 0 Å². The van der Waals surface area contributed by atoms with Gasteiger partial charge in [-0.25, -0.2) is 14.8 Å². The number of pyridine rings is 1. The maximum absolute atomic E-state index is 12.3. The third kappa shape index (κ3) is 2.96. The van der Waals surface area contributed by atoms with E-state index < -0.39 is 0 Å². The number of halogens is 1. The van der Waals surface area contributed by atoms with Crippen LogP contribution in [0.5, 0.6) is 0 Å². The van der Waals surface area contributed by atoms with Crippen molar-refractivity contribution in [1.82, 2.24) is 9.97 Å². The summed E-state index contributed by atoms with van der Waals surface area (Å²) in [5, 5.41) is 2.04. The third-order valence-electron chi connectivity index (χ3n) is 3.56. The van der Waals surface area contributed by atoms with Crippen LogP contribution in [0.4, 0.5) is 0 Å². The second-order valence-electron chi connectivity index (χ2n) is 5.19. The van der Waals surface area contributed by atoms with Crippen molar-refractivity contribution in [3.05, 3.63) is 70.3 Å². The summed E-state index contributed by atoms with van der Waals surface area (Å²) in [7, 11) is 0. The number of carbonyl (C=O) groups is 1. The van der Waals surface area contributed by atoms with Crippen molar-refractivity contribution < 1.29 is 9.53 Å². The molecule has 0 unspecified atom stereocenters. The Morgan fingerprint density at radius 3 is 2.79 bits per heavy atom. The topological polar surface area (TPSA) is 52.1 Å². The second-order valence-corrected chi connectivity index (χ2v) is 6.70. The monoisotopic (exact) mass is 354 g/mol. The van der Waals surface area contributed by atoms with Gasteiger partial charge in [-0.3, -0.25) is 0 Å². The number of esters is 1. The number of benzene rings is 2. The minimum atomic E-state index is -0.383. The minimum Gasteiger partial charge on any atom is -0.455 e. The van der Waals surface area contributed by atoms with Gasteiger partial charge >= 0.3 is 5.97 Å². The summed E-state index contributed by atoms with van der Waals surface area (Å²) in [5.41, 5.74) is 2.14. The van der Waals surface area contributed by atoms with E-state index in [-0.39, 0.29) is 12.6 Å². The summed E-state index contributed by atoms with van der Waals surface area (Å²) in [6, 6.07) is 16.6. The minimum absolute atomic E-state index is 0.162. The molecule has 0 atom stereocenters. The van der Waals surface area contributed by atoms with E-state index in [1.807, 2.05) is 30.3 Å². The van der Waals surface area contributed by atoms with Crippen LogP contribution in [-0.4, -0.2) is 15.9 Å². The molecule has 0 spiro atoms. The number of aromatic nitrogens is 2. The van der Waals surface area contributed by atoms with E-state index in [4.69, 9.17) is 16.3 Å². The first-order chi connectivity index (χ1) is 11.7. The van der Waals surface area contributed by atoms with Crippen LogP contribution in [0.3, 0.4) is 0 Å². The molecule has 0 saturated heterocycles. The Hall–Kier alpha value is -2.50. The molecule has 0 aliphatic rings. The molecular formula is C18H11ClN2O2S. The fraction of sp³-hybridized carbons (Fsp3) is 0.0556. The molecule has 24 heavy (non-hydrogen) atoms. The number of rotatable bonds is 3. The summed E-state index contributed by atoms with van der Waals surface area (Å²) >= 11 is 7.39. The molecule has 6 heteroatoms. The maximum Gasteiger partial charge on any atom is 0.338 e. The lowest BCUT2D eigenvalue weighted by atomic mass is 10.1. The van der Waals surface area contributed by atoms with Gasteiger partial charge in [0.1, 0.15) is 16.8 Å². The number of hydrogen-bond acceptors (Lipinski definition) is 5. The number of para-hydroxylation sites is 1. The van der Waals surface area contributed by atoms with Crippen molar-refractivity contribution >= 4 is 50.0 Å². The van der Waals surface area contributed by atoms with Gasteiger partial charge in [-0.1, -0.05) is 23.7 Å². The predicted octanol–water partition coefficient (Wildman–Crippen LogP) is 4.85. The van der Waals surface area contributed by atoms with Crippen molar-refractivity contribution in [3.8, 4) is 0 Å². The van der Waals surface area contributed by atoms with Crippen LogP contribution in [0.2, 0.25) is 5.15 Å². The third-order valence-corrected chi connectivity index (χ3v) is 4.78. The second kappa shape index (κ2) is 6.19.